The van der Waals surface area contributed by atoms with E-state index >= 15 is 0 Å². The smallest absolute Gasteiger partial charge is 0.242 e. The van der Waals surface area contributed by atoms with E-state index in [-0.39, 0.29) is 12.4 Å². The van der Waals surface area contributed by atoms with Crippen molar-refractivity contribution in [3.63, 3.8) is 0 Å². The van der Waals surface area contributed by atoms with Gasteiger partial charge in [-0.15, -0.1) is 0 Å². The molecule has 0 bridgehead atoms. The third-order valence-corrected chi connectivity index (χ3v) is 5.97. The van der Waals surface area contributed by atoms with Crippen LogP contribution >= 0.6 is 0 Å². The summed E-state index contributed by atoms with van der Waals surface area (Å²) in [6.45, 7) is 7.47. The molecule has 33 heavy (non-hydrogen) atoms. The molecule has 0 saturated carbocycles. The molecule has 0 atom stereocenters. The molecule has 4 heterocycles. The van der Waals surface area contributed by atoms with Gasteiger partial charge in [-0.2, -0.15) is 15.0 Å². The third kappa shape index (κ3) is 4.52. The van der Waals surface area contributed by atoms with Crippen LogP contribution in [0.25, 0.3) is 17.0 Å². The largest absolute Gasteiger partial charge is 0.388 e. The van der Waals surface area contributed by atoms with Gasteiger partial charge in [0.2, 0.25) is 17.8 Å². The number of Topliss-reactive ketones (excluding diaryl/α,β-unsaturated/α-hetero) is 1. The van der Waals surface area contributed by atoms with Gasteiger partial charge in [-0.3, -0.25) is 14.3 Å². The summed E-state index contributed by atoms with van der Waals surface area (Å²) in [5.74, 6) is 2.26. The van der Waals surface area contributed by atoms with Crippen molar-refractivity contribution in [2.75, 3.05) is 68.8 Å². The molecule has 0 spiro atoms. The van der Waals surface area contributed by atoms with Crippen molar-refractivity contribution in [3.05, 3.63) is 30.1 Å². The van der Waals surface area contributed by atoms with E-state index in [4.69, 9.17) is 19.7 Å². The fourth-order valence-corrected chi connectivity index (χ4v) is 4.32. The average molecular weight is 453 g/mol. The van der Waals surface area contributed by atoms with Gasteiger partial charge in [-0.05, 0) is 19.1 Å². The molecular weight excluding hydrogens is 424 g/mol. The Morgan fingerprint density at radius 3 is 2.21 bits per heavy atom. The first-order chi connectivity index (χ1) is 16.1. The summed E-state index contributed by atoms with van der Waals surface area (Å²) in [6.07, 6.45) is 0. The van der Waals surface area contributed by atoms with Crippen molar-refractivity contribution in [3.8, 4) is 5.95 Å². The van der Waals surface area contributed by atoms with Crippen LogP contribution in [0.4, 0.5) is 11.9 Å². The van der Waals surface area contributed by atoms with Gasteiger partial charge in [0.25, 0.3) is 0 Å². The van der Waals surface area contributed by atoms with Crippen molar-refractivity contribution >= 4 is 28.7 Å². The number of aliphatic hydroxyl groups excluding tert-OH is 1. The number of anilines is 2. The maximum absolute atomic E-state index is 11.5. The van der Waals surface area contributed by atoms with Gasteiger partial charge in [-0.25, -0.2) is 4.98 Å². The molecule has 5 rings (SSSR count). The molecular formula is C22H28N8O3. The number of aliphatic hydroxyl groups is 1. The molecule has 2 saturated heterocycles. The Morgan fingerprint density at radius 2 is 1.55 bits per heavy atom. The Morgan fingerprint density at radius 1 is 0.909 bits per heavy atom. The predicted octanol–water partition coefficient (Wildman–Crippen LogP) is 0.250. The fourth-order valence-electron chi connectivity index (χ4n) is 4.32. The van der Waals surface area contributed by atoms with E-state index in [0.717, 1.165) is 37.2 Å². The van der Waals surface area contributed by atoms with Crippen LogP contribution in [0.5, 0.6) is 0 Å². The number of hydrogen-bond acceptors (Lipinski definition) is 10. The van der Waals surface area contributed by atoms with E-state index < -0.39 is 0 Å². The molecule has 2 aliphatic heterocycles. The van der Waals surface area contributed by atoms with Crippen LogP contribution in [0.2, 0.25) is 0 Å². The molecule has 2 aliphatic rings. The minimum absolute atomic E-state index is 0.170. The first-order valence-electron chi connectivity index (χ1n) is 11.3. The van der Waals surface area contributed by atoms with Crippen LogP contribution in [0, 0.1) is 0 Å². The van der Waals surface area contributed by atoms with Gasteiger partial charge in [-0.1, -0.05) is 12.1 Å². The average Bonchev–Trinajstić information content (AvgIpc) is 3.23. The number of carbonyl (C=O) groups excluding carboxylic acids is 1. The summed E-state index contributed by atoms with van der Waals surface area (Å²) in [5.41, 5.74) is 1.60. The second-order valence-corrected chi connectivity index (χ2v) is 8.31. The Hall–Kier alpha value is -3.15. The zero-order valence-electron chi connectivity index (χ0n) is 18.7. The standard InChI is InChI=1S/C22H28N8O3/c1-16(32)14-27-6-8-28(9-7-27)20-24-21(29-10-12-33-13-11-29)26-22(25-20)30-18-5-3-2-4-17(18)23-19(30)15-31/h2-5,31H,6-15H2,1H3. The van der Waals surface area contributed by atoms with Crippen molar-refractivity contribution in [2.24, 2.45) is 0 Å². The Kier molecular flexibility index (Phi) is 6.16. The summed E-state index contributed by atoms with van der Waals surface area (Å²) in [7, 11) is 0. The summed E-state index contributed by atoms with van der Waals surface area (Å²) < 4.78 is 7.31. The highest BCUT2D eigenvalue weighted by Crippen LogP contribution is 2.24. The molecule has 11 nitrogen and oxygen atoms in total. The van der Waals surface area contributed by atoms with Crippen LogP contribution in [0.1, 0.15) is 12.7 Å². The molecule has 0 unspecified atom stereocenters. The van der Waals surface area contributed by atoms with Gasteiger partial charge in [0.1, 0.15) is 18.2 Å². The molecule has 0 radical (unpaired) electrons. The molecule has 2 fully saturated rings. The number of benzene rings is 1. The second-order valence-electron chi connectivity index (χ2n) is 8.31. The molecule has 2 aromatic heterocycles. The van der Waals surface area contributed by atoms with Crippen molar-refractivity contribution in [1.29, 1.82) is 0 Å². The minimum atomic E-state index is -0.230. The lowest BCUT2D eigenvalue weighted by molar-refractivity contribution is -0.118. The number of aromatic nitrogens is 5. The summed E-state index contributed by atoms with van der Waals surface area (Å²) in [6, 6.07) is 7.70. The lowest BCUT2D eigenvalue weighted by Crippen LogP contribution is -2.48. The van der Waals surface area contributed by atoms with Crippen LogP contribution in [0.15, 0.2) is 24.3 Å². The third-order valence-electron chi connectivity index (χ3n) is 5.97. The van der Waals surface area contributed by atoms with Crippen molar-refractivity contribution in [2.45, 2.75) is 13.5 Å². The van der Waals surface area contributed by atoms with E-state index in [0.29, 0.717) is 56.5 Å². The van der Waals surface area contributed by atoms with Gasteiger partial charge >= 0.3 is 0 Å². The maximum atomic E-state index is 11.5. The van der Waals surface area contributed by atoms with E-state index in [9.17, 15) is 9.90 Å². The number of fused-ring (bicyclic) bond motifs is 1. The zero-order valence-corrected chi connectivity index (χ0v) is 18.7. The maximum Gasteiger partial charge on any atom is 0.242 e. The molecule has 0 aliphatic carbocycles. The van der Waals surface area contributed by atoms with Crippen molar-refractivity contribution in [1.82, 2.24) is 29.4 Å². The Bertz CT molecular complexity index is 1140. The van der Waals surface area contributed by atoms with Crippen LogP contribution in [-0.2, 0) is 16.1 Å². The lowest BCUT2D eigenvalue weighted by atomic mass is 10.3. The van der Waals surface area contributed by atoms with E-state index in [1.807, 2.05) is 24.3 Å². The number of carbonyl (C=O) groups is 1. The van der Waals surface area contributed by atoms with E-state index in [1.165, 1.54) is 0 Å². The van der Waals surface area contributed by atoms with Crippen molar-refractivity contribution < 1.29 is 14.6 Å². The monoisotopic (exact) mass is 452 g/mol. The minimum Gasteiger partial charge on any atom is -0.388 e. The molecule has 1 aromatic carbocycles. The quantitative estimate of drug-likeness (QED) is 0.558. The number of ether oxygens (including phenoxy) is 1. The van der Waals surface area contributed by atoms with Crippen LogP contribution in [0.3, 0.4) is 0 Å². The molecule has 1 N–H and O–H groups in total. The molecule has 174 valence electrons. The SMILES string of the molecule is CC(=O)CN1CCN(c2nc(N3CCOCC3)nc(-n3c(CO)nc4ccccc43)n2)CC1. The predicted molar refractivity (Wildman–Crippen MR) is 123 cm³/mol. The number of hydrogen-bond donors (Lipinski definition) is 1. The van der Waals surface area contributed by atoms with E-state index in [1.54, 1.807) is 11.5 Å². The highest BCUT2D eigenvalue weighted by Gasteiger charge is 2.25. The molecule has 3 aromatic rings. The number of ketones is 1. The summed E-state index contributed by atoms with van der Waals surface area (Å²) in [4.78, 5) is 36.8. The van der Waals surface area contributed by atoms with Gasteiger partial charge < -0.3 is 19.6 Å². The topological polar surface area (TPSA) is 113 Å². The Labute approximate surface area is 191 Å². The number of imidazole rings is 1. The van der Waals surface area contributed by atoms with Crippen LogP contribution < -0.4 is 9.80 Å². The zero-order chi connectivity index (χ0) is 22.8. The fraction of sp³-hybridized carbons (Fsp3) is 0.500. The number of nitrogens with zero attached hydrogens (tertiary/aromatic N) is 8. The highest BCUT2D eigenvalue weighted by atomic mass is 16.5. The van der Waals surface area contributed by atoms with Gasteiger partial charge in [0, 0.05) is 39.3 Å². The van der Waals surface area contributed by atoms with Crippen LogP contribution in [-0.4, -0.2) is 99.3 Å². The van der Waals surface area contributed by atoms with E-state index in [2.05, 4.69) is 19.7 Å². The van der Waals surface area contributed by atoms with Gasteiger partial charge in [0.05, 0.1) is 30.8 Å². The van der Waals surface area contributed by atoms with Gasteiger partial charge in [0.15, 0.2) is 0 Å². The number of para-hydroxylation sites is 2. The Balaban J connectivity index is 1.54. The highest BCUT2D eigenvalue weighted by molar-refractivity contribution is 5.78. The number of morpholine rings is 1. The lowest BCUT2D eigenvalue weighted by Gasteiger charge is -2.35. The normalized spacial score (nSPS) is 17.6. The molecule has 11 heteroatoms. The number of piperazine rings is 1. The summed E-state index contributed by atoms with van der Waals surface area (Å²) in [5, 5.41) is 9.99. The summed E-state index contributed by atoms with van der Waals surface area (Å²) >= 11 is 0. The molecule has 0 amide bonds. The number of rotatable bonds is 6. The first-order valence-corrected chi connectivity index (χ1v) is 11.3. The first kappa shape index (κ1) is 21.7. The second kappa shape index (κ2) is 9.38.